The molecule has 0 aliphatic carbocycles. The van der Waals surface area contributed by atoms with Gasteiger partial charge in [0.2, 0.25) is 0 Å². The summed E-state index contributed by atoms with van der Waals surface area (Å²) >= 11 is 1.47. The van der Waals surface area contributed by atoms with E-state index in [0.717, 1.165) is 12.2 Å². The number of allylic oxidation sites excluding steroid dienone is 2. The molecule has 3 heteroatoms. The molecule has 1 aliphatic heterocycles. The van der Waals surface area contributed by atoms with Crippen LogP contribution >= 0.6 is 11.8 Å². The van der Waals surface area contributed by atoms with Crippen molar-refractivity contribution >= 4 is 11.8 Å². The van der Waals surface area contributed by atoms with Crippen LogP contribution in [0.25, 0.3) is 0 Å². The maximum absolute atomic E-state index is 8.40. The van der Waals surface area contributed by atoms with Crippen LogP contribution in [0, 0.1) is 22.7 Å². The molecule has 9 heavy (non-hydrogen) atoms. The van der Waals surface area contributed by atoms with Gasteiger partial charge in [0.1, 0.15) is 6.07 Å². The molecule has 0 aromatic heterocycles. The third-order valence-electron chi connectivity index (χ3n) is 1.11. The number of hydrogen-bond donors (Lipinski definition) is 0. The van der Waals surface area contributed by atoms with E-state index < -0.39 is 0 Å². The molecule has 44 valence electrons. The first-order valence-corrected chi connectivity index (χ1v) is 3.53. The molecule has 0 aromatic rings. The molecular formula is C6H4N2S. The number of nitrogens with zero attached hydrogens (tertiary/aromatic N) is 2. The lowest BCUT2D eigenvalue weighted by Crippen LogP contribution is -1.73. The van der Waals surface area contributed by atoms with Crippen LogP contribution in [-0.2, 0) is 0 Å². The van der Waals surface area contributed by atoms with Crippen LogP contribution in [0.3, 0.4) is 0 Å². The molecule has 1 rings (SSSR count). The van der Waals surface area contributed by atoms with Crippen LogP contribution in [0.1, 0.15) is 6.42 Å². The molecule has 0 amide bonds. The molecule has 0 bridgehead atoms. The summed E-state index contributed by atoms with van der Waals surface area (Å²) < 4.78 is 0. The van der Waals surface area contributed by atoms with Gasteiger partial charge in [-0.15, -0.1) is 11.8 Å². The van der Waals surface area contributed by atoms with Crippen LogP contribution < -0.4 is 0 Å². The van der Waals surface area contributed by atoms with Crippen molar-refractivity contribution in [2.45, 2.75) is 6.42 Å². The monoisotopic (exact) mass is 136 g/mol. The zero-order chi connectivity index (χ0) is 6.69. The highest BCUT2D eigenvalue weighted by molar-refractivity contribution is 8.03. The van der Waals surface area contributed by atoms with Gasteiger partial charge in [-0.3, -0.25) is 0 Å². The highest BCUT2D eigenvalue weighted by Crippen LogP contribution is 2.29. The fraction of sp³-hybridized carbons (Fsp3) is 0.333. The smallest absolute Gasteiger partial charge is 0.107 e. The van der Waals surface area contributed by atoms with Crippen molar-refractivity contribution in [1.29, 1.82) is 10.5 Å². The molecule has 2 nitrogen and oxygen atoms in total. The van der Waals surface area contributed by atoms with Crippen molar-refractivity contribution in [3.63, 3.8) is 0 Å². The minimum Gasteiger partial charge on any atom is -0.193 e. The van der Waals surface area contributed by atoms with Crippen LogP contribution in [-0.4, -0.2) is 5.75 Å². The maximum Gasteiger partial charge on any atom is 0.107 e. The minimum atomic E-state index is 0.609. The summed E-state index contributed by atoms with van der Waals surface area (Å²) in [6, 6.07) is 3.99. The third-order valence-corrected chi connectivity index (χ3v) is 2.14. The Hall–Kier alpha value is -0.930. The van der Waals surface area contributed by atoms with Gasteiger partial charge in [-0.1, -0.05) is 0 Å². The van der Waals surface area contributed by atoms with Gasteiger partial charge in [0.05, 0.1) is 16.5 Å². The van der Waals surface area contributed by atoms with Crippen LogP contribution in [0.15, 0.2) is 10.5 Å². The summed E-state index contributed by atoms with van der Waals surface area (Å²) in [6.07, 6.45) is 0.768. The molecule has 0 radical (unpaired) electrons. The second-order valence-electron chi connectivity index (χ2n) is 1.63. The predicted octanol–water partition coefficient (Wildman–Crippen LogP) is 1.42. The molecule has 0 saturated carbocycles. The van der Waals surface area contributed by atoms with E-state index in [1.165, 1.54) is 11.8 Å². The summed E-state index contributed by atoms with van der Waals surface area (Å²) in [5.74, 6) is 0.895. The molecule has 0 N–H and O–H groups in total. The van der Waals surface area contributed by atoms with Crippen molar-refractivity contribution < 1.29 is 0 Å². The Labute approximate surface area is 57.8 Å². The Morgan fingerprint density at radius 1 is 1.33 bits per heavy atom. The fourth-order valence-corrected chi connectivity index (χ4v) is 1.56. The molecule has 0 fully saturated rings. The first-order chi connectivity index (χ1) is 4.38. The summed E-state index contributed by atoms with van der Waals surface area (Å²) in [5, 5.41) is 16.8. The SMILES string of the molecule is N#CC1=C(C#N)SCC1. The van der Waals surface area contributed by atoms with Crippen molar-refractivity contribution in [3.8, 4) is 12.1 Å². The lowest BCUT2D eigenvalue weighted by atomic mass is 10.2. The Morgan fingerprint density at radius 3 is 2.56 bits per heavy atom. The molecule has 0 unspecified atom stereocenters. The highest BCUT2D eigenvalue weighted by Gasteiger charge is 2.13. The predicted molar refractivity (Wildman–Crippen MR) is 35.3 cm³/mol. The van der Waals surface area contributed by atoms with Gasteiger partial charge < -0.3 is 0 Å². The minimum absolute atomic E-state index is 0.609. The van der Waals surface area contributed by atoms with Gasteiger partial charge in [-0.2, -0.15) is 10.5 Å². The van der Waals surface area contributed by atoms with Gasteiger partial charge in [-0.25, -0.2) is 0 Å². The second kappa shape index (κ2) is 2.57. The Balaban J connectivity index is 2.90. The Morgan fingerprint density at radius 2 is 2.11 bits per heavy atom. The van der Waals surface area contributed by atoms with Gasteiger partial charge in [0, 0.05) is 5.75 Å². The summed E-state index contributed by atoms with van der Waals surface area (Å²) in [4.78, 5) is 0.609. The van der Waals surface area contributed by atoms with E-state index in [1.807, 2.05) is 12.1 Å². The zero-order valence-corrected chi connectivity index (χ0v) is 5.53. The number of rotatable bonds is 0. The second-order valence-corrected chi connectivity index (χ2v) is 2.73. The first kappa shape index (κ1) is 6.19. The zero-order valence-electron chi connectivity index (χ0n) is 4.72. The lowest BCUT2D eigenvalue weighted by Gasteiger charge is -1.80. The van der Waals surface area contributed by atoms with Gasteiger partial charge in [-0.05, 0) is 6.42 Å². The van der Waals surface area contributed by atoms with Crippen LogP contribution in [0.4, 0.5) is 0 Å². The van der Waals surface area contributed by atoms with Crippen LogP contribution in [0.2, 0.25) is 0 Å². The Kier molecular flexibility index (Phi) is 1.77. The van der Waals surface area contributed by atoms with Crippen molar-refractivity contribution in [3.05, 3.63) is 10.5 Å². The van der Waals surface area contributed by atoms with Gasteiger partial charge >= 0.3 is 0 Å². The van der Waals surface area contributed by atoms with Crippen molar-refractivity contribution in [1.82, 2.24) is 0 Å². The third kappa shape index (κ3) is 1.06. The standard InChI is InChI=1S/C6H4N2S/c7-3-5-1-2-9-6(5)4-8/h1-2H2. The summed E-state index contributed by atoms with van der Waals surface area (Å²) in [5.41, 5.74) is 0.655. The normalized spacial score (nSPS) is 17.1. The number of thioether (sulfide) groups is 1. The maximum atomic E-state index is 8.40. The van der Waals surface area contributed by atoms with Crippen LogP contribution in [0.5, 0.6) is 0 Å². The molecule has 0 saturated heterocycles. The average Bonchev–Trinajstić information content (AvgIpc) is 2.33. The first-order valence-electron chi connectivity index (χ1n) is 2.54. The molecule has 0 aromatic carbocycles. The largest absolute Gasteiger partial charge is 0.193 e. The molecule has 0 atom stereocenters. The average molecular weight is 136 g/mol. The summed E-state index contributed by atoms with van der Waals surface area (Å²) in [7, 11) is 0. The lowest BCUT2D eigenvalue weighted by molar-refractivity contribution is 1.19. The van der Waals surface area contributed by atoms with Gasteiger partial charge in [0.25, 0.3) is 0 Å². The molecule has 1 aliphatic rings. The van der Waals surface area contributed by atoms with E-state index in [1.54, 1.807) is 0 Å². The van der Waals surface area contributed by atoms with E-state index in [4.69, 9.17) is 10.5 Å². The van der Waals surface area contributed by atoms with E-state index in [2.05, 4.69) is 0 Å². The van der Waals surface area contributed by atoms with E-state index in [-0.39, 0.29) is 0 Å². The number of nitriles is 2. The molecule has 1 heterocycles. The number of hydrogen-bond acceptors (Lipinski definition) is 3. The van der Waals surface area contributed by atoms with E-state index in [0.29, 0.717) is 10.5 Å². The highest BCUT2D eigenvalue weighted by atomic mass is 32.2. The summed E-state index contributed by atoms with van der Waals surface area (Å²) in [6.45, 7) is 0. The Bertz CT molecular complexity index is 204. The quantitative estimate of drug-likeness (QED) is 0.506. The topological polar surface area (TPSA) is 47.6 Å². The van der Waals surface area contributed by atoms with E-state index >= 15 is 0 Å². The van der Waals surface area contributed by atoms with E-state index in [9.17, 15) is 0 Å². The fourth-order valence-electron chi connectivity index (χ4n) is 0.662. The molecule has 0 spiro atoms. The van der Waals surface area contributed by atoms with Crippen molar-refractivity contribution in [2.75, 3.05) is 5.75 Å². The van der Waals surface area contributed by atoms with Gasteiger partial charge in [0.15, 0.2) is 0 Å². The molecular weight excluding hydrogens is 132 g/mol. The van der Waals surface area contributed by atoms with Crippen molar-refractivity contribution in [2.24, 2.45) is 0 Å².